The average molecular weight is 330 g/mol. The minimum atomic E-state index is -0.644. The fraction of sp³-hybridized carbons (Fsp3) is 0.462. The van der Waals surface area contributed by atoms with Crippen molar-refractivity contribution in [3.63, 3.8) is 0 Å². The quantitative estimate of drug-likeness (QED) is 0.503. The molecule has 1 unspecified atom stereocenters. The molecule has 1 heterocycles. The molecule has 0 bridgehead atoms. The van der Waals surface area contributed by atoms with Gasteiger partial charge in [-0.05, 0) is 24.7 Å². The lowest BCUT2D eigenvalue weighted by Crippen LogP contribution is -2.32. The topological polar surface area (TPSA) is 98.3 Å². The Balaban J connectivity index is 2.06. The van der Waals surface area contributed by atoms with Crippen molar-refractivity contribution in [1.29, 1.82) is 0 Å². The third kappa shape index (κ3) is 4.01. The second kappa shape index (κ2) is 7.00. The summed E-state index contributed by atoms with van der Waals surface area (Å²) in [6.45, 7) is 0.555. The van der Waals surface area contributed by atoms with Crippen molar-refractivity contribution in [1.82, 2.24) is 5.32 Å². The molecule has 1 atom stereocenters. The number of nitrogens with zero attached hydrogens (tertiary/aromatic N) is 1. The number of rotatable bonds is 4. The summed E-state index contributed by atoms with van der Waals surface area (Å²) in [7, 11) is 0. The lowest BCUT2D eigenvalue weighted by atomic mass is 10.1. The maximum atomic E-state index is 12.1. The fourth-order valence-electron chi connectivity index (χ4n) is 2.16. The fourth-order valence-corrected chi connectivity index (χ4v) is 3.62. The molecule has 1 fully saturated rings. The zero-order chi connectivity index (χ0) is 15.4. The highest BCUT2D eigenvalue weighted by Gasteiger charge is 2.20. The van der Waals surface area contributed by atoms with Gasteiger partial charge in [-0.3, -0.25) is 14.9 Å². The van der Waals surface area contributed by atoms with Crippen LogP contribution in [-0.2, 0) is 0 Å². The van der Waals surface area contributed by atoms with Gasteiger partial charge in [0.25, 0.3) is 11.6 Å². The van der Waals surface area contributed by atoms with Gasteiger partial charge in [0, 0.05) is 23.4 Å². The molecule has 0 saturated carbocycles. The average Bonchev–Trinajstić information content (AvgIpc) is 2.48. The standard InChI is InChI=1S/C13H16ClN3O3S/c14-10-5-8(6-11(12(10)15)17(19)20)13(18)16-7-9-3-1-2-4-21-9/h5-6,9H,1-4,7,15H2,(H,16,18). The number of amides is 1. The zero-order valence-corrected chi connectivity index (χ0v) is 12.9. The van der Waals surface area contributed by atoms with Crippen molar-refractivity contribution in [2.45, 2.75) is 24.5 Å². The number of hydrogen-bond acceptors (Lipinski definition) is 5. The van der Waals surface area contributed by atoms with Crippen LogP contribution in [0.5, 0.6) is 0 Å². The van der Waals surface area contributed by atoms with E-state index in [9.17, 15) is 14.9 Å². The maximum Gasteiger partial charge on any atom is 0.294 e. The molecule has 0 aromatic heterocycles. The van der Waals surface area contributed by atoms with Crippen LogP contribution in [0.25, 0.3) is 0 Å². The Kier molecular flexibility index (Phi) is 5.30. The Morgan fingerprint density at radius 1 is 1.52 bits per heavy atom. The smallest absolute Gasteiger partial charge is 0.294 e. The molecule has 1 aromatic carbocycles. The van der Waals surface area contributed by atoms with Crippen molar-refractivity contribution >= 4 is 40.6 Å². The minimum Gasteiger partial charge on any atom is -0.392 e. The first kappa shape index (κ1) is 15.9. The Morgan fingerprint density at radius 3 is 2.90 bits per heavy atom. The molecule has 21 heavy (non-hydrogen) atoms. The number of hydrogen-bond donors (Lipinski definition) is 2. The second-order valence-corrected chi connectivity index (χ2v) is 6.66. The molecule has 1 aliphatic heterocycles. The summed E-state index contributed by atoms with van der Waals surface area (Å²) in [5.74, 6) is 0.742. The first-order valence-corrected chi connectivity index (χ1v) is 8.05. The van der Waals surface area contributed by atoms with Gasteiger partial charge in [0.15, 0.2) is 0 Å². The van der Waals surface area contributed by atoms with Gasteiger partial charge in [0.05, 0.1) is 9.95 Å². The molecule has 6 nitrogen and oxygen atoms in total. The van der Waals surface area contributed by atoms with Crippen LogP contribution in [0.2, 0.25) is 5.02 Å². The lowest BCUT2D eigenvalue weighted by Gasteiger charge is -2.21. The van der Waals surface area contributed by atoms with E-state index in [1.807, 2.05) is 11.8 Å². The van der Waals surface area contributed by atoms with Crippen LogP contribution in [0.4, 0.5) is 11.4 Å². The highest BCUT2D eigenvalue weighted by atomic mass is 35.5. The second-order valence-electron chi connectivity index (χ2n) is 4.85. The van der Waals surface area contributed by atoms with Crippen molar-refractivity contribution in [2.75, 3.05) is 18.0 Å². The molecule has 1 aliphatic rings. The van der Waals surface area contributed by atoms with Crippen LogP contribution in [0.1, 0.15) is 29.6 Å². The molecule has 0 aliphatic carbocycles. The van der Waals surface area contributed by atoms with E-state index in [1.165, 1.54) is 18.9 Å². The predicted molar refractivity (Wildman–Crippen MR) is 84.9 cm³/mol. The summed E-state index contributed by atoms with van der Waals surface area (Å²) in [5, 5.41) is 14.1. The molecule has 2 rings (SSSR count). The minimum absolute atomic E-state index is 0.0152. The van der Waals surface area contributed by atoms with Crippen molar-refractivity contribution in [3.05, 3.63) is 32.8 Å². The van der Waals surface area contributed by atoms with E-state index in [0.29, 0.717) is 11.8 Å². The number of halogens is 1. The molecule has 114 valence electrons. The van der Waals surface area contributed by atoms with E-state index >= 15 is 0 Å². The van der Waals surface area contributed by atoms with Crippen LogP contribution >= 0.6 is 23.4 Å². The van der Waals surface area contributed by atoms with E-state index in [0.717, 1.165) is 18.2 Å². The zero-order valence-electron chi connectivity index (χ0n) is 11.3. The van der Waals surface area contributed by atoms with Gasteiger partial charge < -0.3 is 11.1 Å². The van der Waals surface area contributed by atoms with Gasteiger partial charge in [-0.25, -0.2) is 0 Å². The molecule has 1 amide bonds. The van der Waals surface area contributed by atoms with E-state index in [4.69, 9.17) is 17.3 Å². The molecule has 3 N–H and O–H groups in total. The largest absolute Gasteiger partial charge is 0.392 e. The SMILES string of the molecule is Nc1c(Cl)cc(C(=O)NCC2CCCCS2)cc1[N+](=O)[O-]. The molecule has 1 saturated heterocycles. The number of nitro groups is 1. The first-order chi connectivity index (χ1) is 9.99. The van der Waals surface area contributed by atoms with Crippen LogP contribution in [0.3, 0.4) is 0 Å². The van der Waals surface area contributed by atoms with Crippen LogP contribution in [0.15, 0.2) is 12.1 Å². The number of nitrogens with two attached hydrogens (primary N) is 1. The first-order valence-electron chi connectivity index (χ1n) is 6.62. The third-order valence-corrected chi connectivity index (χ3v) is 5.04. The van der Waals surface area contributed by atoms with Gasteiger partial charge in [0.2, 0.25) is 0 Å². The lowest BCUT2D eigenvalue weighted by molar-refractivity contribution is -0.383. The van der Waals surface area contributed by atoms with Gasteiger partial charge >= 0.3 is 0 Å². The van der Waals surface area contributed by atoms with Crippen LogP contribution in [0, 0.1) is 10.1 Å². The summed E-state index contributed by atoms with van der Waals surface area (Å²) >= 11 is 7.69. The van der Waals surface area contributed by atoms with E-state index in [1.54, 1.807) is 0 Å². The summed E-state index contributed by atoms with van der Waals surface area (Å²) in [5.41, 5.74) is 5.22. The van der Waals surface area contributed by atoms with Gasteiger partial charge in [-0.1, -0.05) is 18.0 Å². The summed E-state index contributed by atoms with van der Waals surface area (Å²) in [6, 6.07) is 2.51. The van der Waals surface area contributed by atoms with Crippen LogP contribution in [-0.4, -0.2) is 28.4 Å². The van der Waals surface area contributed by atoms with Crippen LogP contribution < -0.4 is 11.1 Å². The number of carbonyl (C=O) groups excluding carboxylic acids is 1. The Hall–Kier alpha value is -1.47. The summed E-state index contributed by atoms with van der Waals surface area (Å²) < 4.78 is 0. The van der Waals surface area contributed by atoms with Crippen molar-refractivity contribution in [3.8, 4) is 0 Å². The Labute approximate surface area is 131 Å². The molecule has 0 radical (unpaired) electrons. The van der Waals surface area contributed by atoms with E-state index in [-0.39, 0.29) is 27.9 Å². The number of nitro benzene ring substituents is 1. The summed E-state index contributed by atoms with van der Waals surface area (Å²) in [4.78, 5) is 22.3. The molecule has 1 aromatic rings. The Morgan fingerprint density at radius 2 is 2.29 bits per heavy atom. The molecule has 0 spiro atoms. The highest BCUT2D eigenvalue weighted by Crippen LogP contribution is 2.31. The maximum absolute atomic E-state index is 12.1. The number of nitrogens with one attached hydrogen (secondary N) is 1. The predicted octanol–water partition coefficient (Wildman–Crippen LogP) is 2.85. The van der Waals surface area contributed by atoms with Gasteiger partial charge in [-0.2, -0.15) is 11.8 Å². The number of thioether (sulfide) groups is 1. The van der Waals surface area contributed by atoms with Gasteiger partial charge in [0.1, 0.15) is 5.69 Å². The van der Waals surface area contributed by atoms with Gasteiger partial charge in [-0.15, -0.1) is 0 Å². The normalized spacial score (nSPS) is 18.2. The van der Waals surface area contributed by atoms with Crippen molar-refractivity contribution < 1.29 is 9.72 Å². The number of nitrogen functional groups attached to an aromatic ring is 1. The number of carbonyl (C=O) groups is 1. The van der Waals surface area contributed by atoms with E-state index in [2.05, 4.69) is 5.32 Å². The van der Waals surface area contributed by atoms with E-state index < -0.39 is 4.92 Å². The highest BCUT2D eigenvalue weighted by molar-refractivity contribution is 7.99. The monoisotopic (exact) mass is 329 g/mol. The third-order valence-electron chi connectivity index (χ3n) is 3.33. The Bertz CT molecular complexity index is 562. The molecular formula is C13H16ClN3O3S. The summed E-state index contributed by atoms with van der Waals surface area (Å²) in [6.07, 6.45) is 3.47. The number of anilines is 1. The molecular weight excluding hydrogens is 314 g/mol. The van der Waals surface area contributed by atoms with Crippen molar-refractivity contribution in [2.24, 2.45) is 0 Å². The molecule has 8 heteroatoms. The number of benzene rings is 1.